The van der Waals surface area contributed by atoms with Crippen molar-refractivity contribution in [3.05, 3.63) is 41.3 Å². The summed E-state index contributed by atoms with van der Waals surface area (Å²) in [5, 5.41) is 0.740. The predicted octanol–water partition coefficient (Wildman–Crippen LogP) is 5.83. The van der Waals surface area contributed by atoms with Gasteiger partial charge in [-0.1, -0.05) is 38.8 Å². The monoisotopic (exact) mass is 443 g/mol. The summed E-state index contributed by atoms with van der Waals surface area (Å²) in [6.45, 7) is 8.06. The number of hydrogen-bond acceptors (Lipinski definition) is 2. The number of esters is 1. The molecule has 4 nitrogen and oxygen atoms in total. The first-order valence-electron chi connectivity index (χ1n) is 12.0. The maximum absolute atomic E-state index is 13.0. The highest BCUT2D eigenvalue weighted by Gasteiger charge is 2.34. The minimum Gasteiger partial charge on any atom is -0.459 e. The van der Waals surface area contributed by atoms with Gasteiger partial charge in [0, 0.05) is 17.0 Å². The number of benzene rings is 1. The molecule has 5 heteroatoms. The van der Waals surface area contributed by atoms with Crippen LogP contribution in [0, 0.1) is 17.8 Å². The molecule has 1 saturated carbocycles. The van der Waals surface area contributed by atoms with Gasteiger partial charge in [0.2, 0.25) is 0 Å². The van der Waals surface area contributed by atoms with E-state index in [1.807, 2.05) is 12.1 Å². The molecule has 31 heavy (non-hydrogen) atoms. The minimum atomic E-state index is -0.102. The predicted molar refractivity (Wildman–Crippen MR) is 124 cm³/mol. The lowest BCUT2D eigenvalue weighted by atomic mass is 9.75. The molecule has 168 valence electrons. The molecule has 2 heterocycles. The van der Waals surface area contributed by atoms with Crippen LogP contribution in [-0.4, -0.2) is 16.6 Å². The molecular formula is C26H36ClN2O2+. The van der Waals surface area contributed by atoms with Crippen molar-refractivity contribution >= 4 is 17.6 Å². The Hall–Kier alpha value is -1.81. The van der Waals surface area contributed by atoms with Crippen molar-refractivity contribution in [2.45, 2.75) is 84.9 Å². The molecule has 0 unspecified atom stereocenters. The summed E-state index contributed by atoms with van der Waals surface area (Å²) < 4.78 is 10.6. The number of nitrogens with zero attached hydrogens (tertiary/aromatic N) is 2. The second-order valence-corrected chi connectivity index (χ2v) is 10.3. The van der Waals surface area contributed by atoms with E-state index in [0.717, 1.165) is 48.5 Å². The highest BCUT2D eigenvalue weighted by Crippen LogP contribution is 2.35. The molecule has 3 atom stereocenters. The van der Waals surface area contributed by atoms with Gasteiger partial charge >= 0.3 is 5.97 Å². The third-order valence-electron chi connectivity index (χ3n) is 7.18. The number of carbonyl (C=O) groups excluding carboxylic acids is 1. The first-order chi connectivity index (χ1) is 14.9. The Labute approximate surface area is 191 Å². The van der Waals surface area contributed by atoms with Crippen molar-refractivity contribution in [2.24, 2.45) is 17.8 Å². The summed E-state index contributed by atoms with van der Waals surface area (Å²) in [5.41, 5.74) is 2.30. The van der Waals surface area contributed by atoms with E-state index in [4.69, 9.17) is 16.3 Å². The number of aromatic nitrogens is 2. The number of halogens is 1. The fourth-order valence-electron chi connectivity index (χ4n) is 5.43. The highest BCUT2D eigenvalue weighted by atomic mass is 35.5. The van der Waals surface area contributed by atoms with Crippen LogP contribution in [0.3, 0.4) is 0 Å². The summed E-state index contributed by atoms with van der Waals surface area (Å²) in [6, 6.07) is 8.00. The Bertz CT molecular complexity index is 903. The number of imidazole rings is 1. The van der Waals surface area contributed by atoms with Gasteiger partial charge in [-0.2, -0.15) is 0 Å². The molecule has 0 amide bonds. The van der Waals surface area contributed by atoms with Gasteiger partial charge in [0.05, 0.1) is 6.54 Å². The summed E-state index contributed by atoms with van der Waals surface area (Å²) in [4.78, 5) is 13.0. The standard InChI is InChI=1S/C26H36ClN2O2/c1-18(2)22-13-8-19(3)15-24(22)31-26(30)17-28-16-23(20-9-11-21(27)12-10-20)29-14-6-4-5-7-25(28)29/h9-12,16,18-19,22,24H,4-8,13-15,17H2,1-3H3/q+1/t19-,22-,24-/m1/s1. The Morgan fingerprint density at radius 2 is 1.97 bits per heavy atom. The zero-order valence-corrected chi connectivity index (χ0v) is 19.9. The number of carbonyl (C=O) groups is 1. The molecule has 1 aromatic carbocycles. The zero-order chi connectivity index (χ0) is 22.0. The fraction of sp³-hybridized carbons (Fsp3) is 0.615. The lowest BCUT2D eigenvalue weighted by Gasteiger charge is -2.36. The van der Waals surface area contributed by atoms with E-state index in [2.05, 4.69) is 48.2 Å². The van der Waals surface area contributed by atoms with Gasteiger partial charge in [0.25, 0.3) is 5.82 Å². The molecule has 0 N–H and O–H groups in total. The molecule has 2 aromatic rings. The molecule has 2 aliphatic rings. The first kappa shape index (κ1) is 22.4. The van der Waals surface area contributed by atoms with Gasteiger partial charge in [0.15, 0.2) is 12.2 Å². The van der Waals surface area contributed by atoms with E-state index in [9.17, 15) is 4.79 Å². The van der Waals surface area contributed by atoms with E-state index in [1.165, 1.54) is 25.1 Å². The second-order valence-electron chi connectivity index (χ2n) is 9.88. The molecular weight excluding hydrogens is 408 g/mol. The highest BCUT2D eigenvalue weighted by molar-refractivity contribution is 6.30. The first-order valence-corrected chi connectivity index (χ1v) is 12.4. The molecule has 1 aromatic heterocycles. The van der Waals surface area contributed by atoms with Crippen molar-refractivity contribution in [1.29, 1.82) is 0 Å². The van der Waals surface area contributed by atoms with Crippen molar-refractivity contribution in [2.75, 3.05) is 0 Å². The van der Waals surface area contributed by atoms with Crippen molar-refractivity contribution in [3.63, 3.8) is 0 Å². The Morgan fingerprint density at radius 3 is 2.71 bits per heavy atom. The lowest BCUT2D eigenvalue weighted by Crippen LogP contribution is -2.44. The molecule has 4 rings (SSSR count). The maximum Gasteiger partial charge on any atom is 0.348 e. The molecule has 1 aliphatic heterocycles. The summed E-state index contributed by atoms with van der Waals surface area (Å²) in [6.07, 6.45) is 10.1. The fourth-order valence-corrected chi connectivity index (χ4v) is 5.55. The smallest absolute Gasteiger partial charge is 0.348 e. The average molecular weight is 444 g/mol. The minimum absolute atomic E-state index is 0.0498. The van der Waals surface area contributed by atoms with Gasteiger partial charge in [-0.15, -0.1) is 0 Å². The normalized spacial score (nSPS) is 24.0. The molecule has 0 bridgehead atoms. The van der Waals surface area contributed by atoms with Crippen LogP contribution in [0.2, 0.25) is 5.02 Å². The van der Waals surface area contributed by atoms with Gasteiger partial charge in [-0.05, 0) is 74.1 Å². The van der Waals surface area contributed by atoms with Crippen LogP contribution in [0.5, 0.6) is 0 Å². The van der Waals surface area contributed by atoms with Crippen molar-refractivity contribution < 1.29 is 14.1 Å². The van der Waals surface area contributed by atoms with Crippen LogP contribution in [0.4, 0.5) is 0 Å². The number of hydrogen-bond donors (Lipinski definition) is 0. The summed E-state index contributed by atoms with van der Waals surface area (Å²) in [5.74, 6) is 2.77. The van der Waals surface area contributed by atoms with Crippen LogP contribution in [0.15, 0.2) is 30.5 Å². The Morgan fingerprint density at radius 1 is 1.19 bits per heavy atom. The van der Waals surface area contributed by atoms with Gasteiger partial charge in [0.1, 0.15) is 12.3 Å². The third kappa shape index (κ3) is 5.16. The van der Waals surface area contributed by atoms with E-state index in [1.54, 1.807) is 0 Å². The summed E-state index contributed by atoms with van der Waals surface area (Å²) in [7, 11) is 0. The summed E-state index contributed by atoms with van der Waals surface area (Å²) >= 11 is 6.11. The number of fused-ring (bicyclic) bond motifs is 1. The quantitative estimate of drug-likeness (QED) is 0.430. The number of ether oxygens (including phenoxy) is 1. The second kappa shape index (κ2) is 9.77. The number of rotatable bonds is 5. The zero-order valence-electron chi connectivity index (χ0n) is 19.1. The topological polar surface area (TPSA) is 35.1 Å². The van der Waals surface area contributed by atoms with E-state index < -0.39 is 0 Å². The molecule has 1 fully saturated rings. The third-order valence-corrected chi connectivity index (χ3v) is 7.43. The van der Waals surface area contributed by atoms with E-state index >= 15 is 0 Å². The van der Waals surface area contributed by atoms with Crippen LogP contribution in [-0.2, 0) is 29.0 Å². The molecule has 0 spiro atoms. The SMILES string of the molecule is CC(C)[C@H]1CC[C@@H](C)C[C@H]1OC(=O)C[n+]1cc(-c2ccc(Cl)cc2)n2c1CCCCC2. The van der Waals surface area contributed by atoms with Crippen LogP contribution >= 0.6 is 11.6 Å². The van der Waals surface area contributed by atoms with Gasteiger partial charge in [-0.3, -0.25) is 0 Å². The Kier molecular flexibility index (Phi) is 7.05. The van der Waals surface area contributed by atoms with E-state index in [-0.39, 0.29) is 12.1 Å². The van der Waals surface area contributed by atoms with Gasteiger partial charge < -0.3 is 4.74 Å². The molecule has 0 radical (unpaired) electrons. The van der Waals surface area contributed by atoms with Gasteiger partial charge in [-0.25, -0.2) is 13.9 Å². The van der Waals surface area contributed by atoms with Crippen LogP contribution < -0.4 is 4.57 Å². The maximum atomic E-state index is 13.0. The molecule has 1 aliphatic carbocycles. The van der Waals surface area contributed by atoms with Crippen molar-refractivity contribution in [3.8, 4) is 11.3 Å². The van der Waals surface area contributed by atoms with Crippen molar-refractivity contribution in [1.82, 2.24) is 4.57 Å². The van der Waals surface area contributed by atoms with E-state index in [0.29, 0.717) is 24.3 Å². The largest absolute Gasteiger partial charge is 0.459 e. The van der Waals surface area contributed by atoms with Crippen LogP contribution in [0.25, 0.3) is 11.3 Å². The van der Waals surface area contributed by atoms with Crippen LogP contribution in [0.1, 0.15) is 65.1 Å². The average Bonchev–Trinajstić information content (AvgIpc) is 2.89. The Balaban J connectivity index is 1.56. The lowest BCUT2D eigenvalue weighted by molar-refractivity contribution is -0.692. The molecule has 0 saturated heterocycles.